The van der Waals surface area contributed by atoms with E-state index in [1.54, 1.807) is 7.05 Å². The van der Waals surface area contributed by atoms with Crippen LogP contribution in [0.5, 0.6) is 5.75 Å². The third-order valence-electron chi connectivity index (χ3n) is 5.72. The van der Waals surface area contributed by atoms with Crippen molar-refractivity contribution in [2.24, 2.45) is 0 Å². The Labute approximate surface area is 212 Å². The van der Waals surface area contributed by atoms with E-state index in [1.165, 1.54) is 62.3 Å². The lowest BCUT2D eigenvalue weighted by molar-refractivity contribution is 0.104. The maximum Gasteiger partial charge on any atom is 0.206 e. The minimum Gasteiger partial charge on any atom is -0.513 e. The van der Waals surface area contributed by atoms with E-state index in [0.29, 0.717) is 22.7 Å². The fourth-order valence-electron chi connectivity index (χ4n) is 3.93. The largest absolute Gasteiger partial charge is 0.513 e. The number of aliphatic hydroxyl groups is 1. The quantitative estimate of drug-likeness (QED) is 0.273. The first kappa shape index (κ1) is 26.5. The standard InChI is InChI=1S/C15H16N2OS.C11H14O.C3H6O/c1-9-17-15(16-2)14(19-9)13(18)12-5-3-4-11(8-12)10-6-7-10;1-2-6-10(7-3-1)12-11-8-4-5-9-11;1-3(2)4/h3-5,8,10,16H,6-7H2,1-2H3;1-3,6-7,11H,4-5,8-9H2;4H,1H2,2H3. The van der Waals surface area contributed by atoms with Gasteiger partial charge in [-0.2, -0.15) is 0 Å². The highest BCUT2D eigenvalue weighted by atomic mass is 32.1. The second kappa shape index (κ2) is 13.1. The second-order valence-electron chi connectivity index (χ2n) is 8.96. The monoisotopic (exact) mass is 492 g/mol. The zero-order valence-electron chi connectivity index (χ0n) is 20.9. The molecule has 0 radical (unpaired) electrons. The van der Waals surface area contributed by atoms with Gasteiger partial charge in [-0.15, -0.1) is 11.3 Å². The van der Waals surface area contributed by atoms with Crippen LogP contribution in [0.3, 0.4) is 0 Å². The molecular weight excluding hydrogens is 456 g/mol. The van der Waals surface area contributed by atoms with Gasteiger partial charge in [-0.1, -0.05) is 43.0 Å². The molecule has 5 nitrogen and oxygen atoms in total. The van der Waals surface area contributed by atoms with Crippen molar-refractivity contribution in [2.45, 2.75) is 64.4 Å². The lowest BCUT2D eigenvalue weighted by Gasteiger charge is -2.12. The number of aromatic nitrogens is 1. The van der Waals surface area contributed by atoms with Crippen molar-refractivity contribution in [3.63, 3.8) is 0 Å². The number of nitrogens with zero attached hydrogens (tertiary/aromatic N) is 1. The molecular formula is C29H36N2O3S. The van der Waals surface area contributed by atoms with Crippen molar-refractivity contribution in [2.75, 3.05) is 12.4 Å². The van der Waals surface area contributed by atoms with Crippen LogP contribution in [0.2, 0.25) is 0 Å². The molecule has 0 saturated heterocycles. The molecule has 0 unspecified atom stereocenters. The molecule has 3 aromatic rings. The number of nitrogens with one attached hydrogen (secondary N) is 1. The Morgan fingerprint density at radius 3 is 2.34 bits per heavy atom. The minimum absolute atomic E-state index is 0.0671. The first-order chi connectivity index (χ1) is 16.9. The summed E-state index contributed by atoms with van der Waals surface area (Å²) >= 11 is 1.45. The van der Waals surface area contributed by atoms with Gasteiger partial charge in [0.1, 0.15) is 16.4 Å². The van der Waals surface area contributed by atoms with E-state index in [0.717, 1.165) is 16.3 Å². The Bertz CT molecular complexity index is 1100. The van der Waals surface area contributed by atoms with E-state index in [4.69, 9.17) is 9.84 Å². The number of carbonyl (C=O) groups is 1. The summed E-state index contributed by atoms with van der Waals surface area (Å²) in [6.07, 6.45) is 8.10. The summed E-state index contributed by atoms with van der Waals surface area (Å²) in [7, 11) is 1.80. The number of thiazole rings is 1. The zero-order chi connectivity index (χ0) is 25.2. The van der Waals surface area contributed by atoms with Gasteiger partial charge in [-0.3, -0.25) is 4.79 Å². The number of carbonyl (C=O) groups excluding carboxylic acids is 1. The van der Waals surface area contributed by atoms with Gasteiger partial charge >= 0.3 is 0 Å². The molecule has 0 aliphatic heterocycles. The lowest BCUT2D eigenvalue weighted by atomic mass is 10.0. The van der Waals surface area contributed by atoms with Crippen LogP contribution in [-0.4, -0.2) is 29.0 Å². The number of hydrogen-bond acceptors (Lipinski definition) is 6. The first-order valence-corrected chi connectivity index (χ1v) is 13.0. The van der Waals surface area contributed by atoms with E-state index in [-0.39, 0.29) is 11.5 Å². The number of hydrogen-bond donors (Lipinski definition) is 2. The Kier molecular flexibility index (Phi) is 9.91. The molecule has 5 rings (SSSR count). The molecule has 1 heterocycles. The second-order valence-corrected chi connectivity index (χ2v) is 10.2. The van der Waals surface area contributed by atoms with Crippen LogP contribution in [0, 0.1) is 6.92 Å². The molecule has 0 amide bonds. The summed E-state index contributed by atoms with van der Waals surface area (Å²) in [5.41, 5.74) is 2.06. The van der Waals surface area contributed by atoms with E-state index < -0.39 is 0 Å². The van der Waals surface area contributed by atoms with Crippen LogP contribution in [0.15, 0.2) is 66.9 Å². The van der Waals surface area contributed by atoms with E-state index in [1.807, 2.05) is 55.5 Å². The van der Waals surface area contributed by atoms with Crippen molar-refractivity contribution in [1.82, 2.24) is 4.98 Å². The third kappa shape index (κ3) is 8.55. The Hall–Kier alpha value is -3.12. The highest BCUT2D eigenvalue weighted by molar-refractivity contribution is 7.14. The average molecular weight is 493 g/mol. The molecule has 2 fully saturated rings. The summed E-state index contributed by atoms with van der Waals surface area (Å²) in [6.45, 7) is 6.56. The minimum atomic E-state index is 0.0671. The van der Waals surface area contributed by atoms with E-state index >= 15 is 0 Å². The molecule has 2 aliphatic rings. The fraction of sp³-hybridized carbons (Fsp3) is 0.379. The molecule has 0 atom stereocenters. The summed E-state index contributed by atoms with van der Waals surface area (Å²) in [6, 6.07) is 18.1. The number of ketones is 1. The number of aryl methyl sites for hydroxylation is 1. The average Bonchev–Trinajstić information content (AvgIpc) is 3.45. The van der Waals surface area contributed by atoms with Crippen LogP contribution in [0.25, 0.3) is 0 Å². The van der Waals surface area contributed by atoms with Crippen molar-refractivity contribution in [3.05, 3.63) is 87.9 Å². The van der Waals surface area contributed by atoms with Gasteiger partial charge in [-0.05, 0) is 82.1 Å². The molecule has 0 spiro atoms. The molecule has 1 aromatic heterocycles. The van der Waals surface area contributed by atoms with Crippen LogP contribution in [0.4, 0.5) is 5.82 Å². The maximum absolute atomic E-state index is 12.6. The smallest absolute Gasteiger partial charge is 0.206 e. The van der Waals surface area contributed by atoms with Crippen molar-refractivity contribution in [1.29, 1.82) is 0 Å². The van der Waals surface area contributed by atoms with E-state index in [9.17, 15) is 4.79 Å². The number of allylic oxidation sites excluding steroid dienone is 1. The predicted octanol–water partition coefficient (Wildman–Crippen LogP) is 7.69. The van der Waals surface area contributed by atoms with Crippen LogP contribution >= 0.6 is 11.3 Å². The van der Waals surface area contributed by atoms with Gasteiger partial charge < -0.3 is 15.2 Å². The first-order valence-electron chi connectivity index (χ1n) is 12.2. The van der Waals surface area contributed by atoms with Gasteiger partial charge in [-0.25, -0.2) is 4.98 Å². The Morgan fingerprint density at radius 1 is 1.09 bits per heavy atom. The zero-order valence-corrected chi connectivity index (χ0v) is 21.7. The summed E-state index contributed by atoms with van der Waals surface area (Å²) in [4.78, 5) is 17.6. The Morgan fingerprint density at radius 2 is 1.74 bits per heavy atom. The number of para-hydroxylation sites is 1. The number of ether oxygens (including phenoxy) is 1. The van der Waals surface area contributed by atoms with Gasteiger partial charge in [0.2, 0.25) is 5.78 Å². The lowest BCUT2D eigenvalue weighted by Crippen LogP contribution is -2.10. The SMILES string of the molecule is C=C(C)O.CNc1nc(C)sc1C(=O)c1cccc(C2CC2)c1.c1ccc(OC2CCCC2)cc1. The molecule has 186 valence electrons. The van der Waals surface area contributed by atoms with Gasteiger partial charge in [0.25, 0.3) is 0 Å². The van der Waals surface area contributed by atoms with Crippen LogP contribution in [-0.2, 0) is 0 Å². The predicted molar refractivity (Wildman–Crippen MR) is 145 cm³/mol. The van der Waals surface area contributed by atoms with Crippen molar-refractivity contribution < 1.29 is 14.6 Å². The van der Waals surface area contributed by atoms with Crippen molar-refractivity contribution >= 4 is 22.9 Å². The fourth-order valence-corrected chi connectivity index (χ4v) is 4.82. The molecule has 2 saturated carbocycles. The Balaban J connectivity index is 0.000000183. The number of benzene rings is 2. The highest BCUT2D eigenvalue weighted by Crippen LogP contribution is 2.40. The van der Waals surface area contributed by atoms with Crippen molar-refractivity contribution in [3.8, 4) is 5.75 Å². The molecule has 2 N–H and O–H groups in total. The molecule has 2 aliphatic carbocycles. The molecule has 35 heavy (non-hydrogen) atoms. The van der Waals surface area contributed by atoms with Gasteiger partial charge in [0.15, 0.2) is 0 Å². The topological polar surface area (TPSA) is 71.5 Å². The van der Waals surface area contributed by atoms with Gasteiger partial charge in [0.05, 0.1) is 16.9 Å². The highest BCUT2D eigenvalue weighted by Gasteiger charge is 2.25. The van der Waals surface area contributed by atoms with E-state index in [2.05, 4.69) is 22.9 Å². The summed E-state index contributed by atoms with van der Waals surface area (Å²) < 4.78 is 5.78. The molecule has 2 aromatic carbocycles. The van der Waals surface area contributed by atoms with Crippen LogP contribution in [0.1, 0.15) is 77.2 Å². The number of anilines is 1. The maximum atomic E-state index is 12.6. The number of rotatable bonds is 6. The molecule has 6 heteroatoms. The summed E-state index contributed by atoms with van der Waals surface area (Å²) in [5.74, 6) is 2.60. The summed E-state index contributed by atoms with van der Waals surface area (Å²) in [5, 5.41) is 11.8. The normalized spacial score (nSPS) is 14.7. The number of aliphatic hydroxyl groups excluding tert-OH is 1. The van der Waals surface area contributed by atoms with Gasteiger partial charge in [0, 0.05) is 12.6 Å². The van der Waals surface area contributed by atoms with Crippen LogP contribution < -0.4 is 10.1 Å². The molecule has 0 bridgehead atoms. The third-order valence-corrected chi connectivity index (χ3v) is 6.69.